The Bertz CT molecular complexity index is 377. The van der Waals surface area contributed by atoms with Crippen molar-refractivity contribution < 1.29 is 0 Å². The summed E-state index contributed by atoms with van der Waals surface area (Å²) < 4.78 is 2.15. The van der Waals surface area contributed by atoms with Crippen molar-refractivity contribution in [3.63, 3.8) is 0 Å². The standard InChI is InChI=1S/C13H15N/c1-12-6-2-3-7-13(9-8-12)14-10-4-5-11-14/h4-11H,2-3H2,1H3/b9-8-,12-6-,13-7-. The van der Waals surface area contributed by atoms with Crippen molar-refractivity contribution >= 4 is 5.70 Å². The Morgan fingerprint density at radius 1 is 1.00 bits per heavy atom. The summed E-state index contributed by atoms with van der Waals surface area (Å²) in [6, 6.07) is 4.10. The van der Waals surface area contributed by atoms with Crippen LogP contribution in [0.4, 0.5) is 0 Å². The molecule has 1 aromatic heterocycles. The smallest absolute Gasteiger partial charge is 0.0409 e. The van der Waals surface area contributed by atoms with Gasteiger partial charge in [-0.05, 0) is 38.0 Å². The molecule has 0 fully saturated rings. The third-order valence-corrected chi connectivity index (χ3v) is 2.41. The number of allylic oxidation sites excluding steroid dienone is 6. The van der Waals surface area contributed by atoms with Crippen molar-refractivity contribution in [2.45, 2.75) is 19.8 Å². The van der Waals surface area contributed by atoms with Crippen LogP contribution in [0.15, 0.2) is 54.4 Å². The molecule has 0 N–H and O–H groups in total. The zero-order valence-electron chi connectivity index (χ0n) is 8.48. The van der Waals surface area contributed by atoms with E-state index in [1.807, 2.05) is 0 Å². The van der Waals surface area contributed by atoms with E-state index in [1.54, 1.807) is 0 Å². The number of hydrogen-bond acceptors (Lipinski definition) is 0. The molecule has 14 heavy (non-hydrogen) atoms. The fourth-order valence-electron chi connectivity index (χ4n) is 1.59. The molecular formula is C13H15N. The van der Waals surface area contributed by atoms with Crippen LogP contribution in [0.25, 0.3) is 5.70 Å². The highest BCUT2D eigenvalue weighted by molar-refractivity contribution is 5.58. The summed E-state index contributed by atoms with van der Waals surface area (Å²) in [5, 5.41) is 0. The minimum absolute atomic E-state index is 1.12. The van der Waals surface area contributed by atoms with Gasteiger partial charge in [0, 0.05) is 18.1 Å². The fraction of sp³-hybridized carbons (Fsp3) is 0.231. The van der Waals surface area contributed by atoms with Crippen LogP contribution in [0.1, 0.15) is 19.8 Å². The minimum Gasteiger partial charge on any atom is -0.324 e. The third-order valence-electron chi connectivity index (χ3n) is 2.41. The molecule has 0 unspecified atom stereocenters. The summed E-state index contributed by atoms with van der Waals surface area (Å²) in [6.45, 7) is 2.15. The summed E-state index contributed by atoms with van der Waals surface area (Å²) in [7, 11) is 0. The zero-order valence-corrected chi connectivity index (χ0v) is 8.48. The summed E-state index contributed by atoms with van der Waals surface area (Å²) in [5.41, 5.74) is 2.62. The molecule has 2 rings (SSSR count). The van der Waals surface area contributed by atoms with Crippen molar-refractivity contribution in [3.05, 3.63) is 54.4 Å². The Kier molecular flexibility index (Phi) is 2.68. The maximum absolute atomic E-state index is 2.28. The van der Waals surface area contributed by atoms with Gasteiger partial charge >= 0.3 is 0 Å². The molecule has 72 valence electrons. The van der Waals surface area contributed by atoms with Gasteiger partial charge in [-0.15, -0.1) is 0 Å². The van der Waals surface area contributed by atoms with Gasteiger partial charge in [0.1, 0.15) is 0 Å². The second-order valence-electron chi connectivity index (χ2n) is 3.58. The van der Waals surface area contributed by atoms with Crippen LogP contribution >= 0.6 is 0 Å². The first kappa shape index (κ1) is 9.07. The maximum Gasteiger partial charge on any atom is 0.0409 e. The van der Waals surface area contributed by atoms with Gasteiger partial charge in [-0.2, -0.15) is 0 Å². The molecule has 0 saturated heterocycles. The first-order valence-electron chi connectivity index (χ1n) is 5.04. The van der Waals surface area contributed by atoms with Gasteiger partial charge in [0.25, 0.3) is 0 Å². The number of hydrogen-bond donors (Lipinski definition) is 0. The first-order valence-corrected chi connectivity index (χ1v) is 5.04. The Labute approximate surface area is 85.1 Å². The van der Waals surface area contributed by atoms with Crippen LogP contribution in [0.5, 0.6) is 0 Å². The minimum atomic E-state index is 1.12. The molecule has 0 aromatic carbocycles. The van der Waals surface area contributed by atoms with Crippen LogP contribution in [0, 0.1) is 0 Å². The second kappa shape index (κ2) is 4.14. The predicted molar refractivity (Wildman–Crippen MR) is 60.8 cm³/mol. The van der Waals surface area contributed by atoms with Crippen LogP contribution in [0.2, 0.25) is 0 Å². The molecule has 1 aliphatic carbocycles. The molecule has 0 radical (unpaired) electrons. The van der Waals surface area contributed by atoms with Gasteiger partial charge in [0.15, 0.2) is 0 Å². The van der Waals surface area contributed by atoms with Crippen LogP contribution < -0.4 is 0 Å². The van der Waals surface area contributed by atoms with E-state index in [1.165, 1.54) is 11.3 Å². The van der Waals surface area contributed by atoms with E-state index in [0.29, 0.717) is 0 Å². The molecular weight excluding hydrogens is 170 g/mol. The average molecular weight is 185 g/mol. The van der Waals surface area contributed by atoms with E-state index >= 15 is 0 Å². The van der Waals surface area contributed by atoms with Crippen molar-refractivity contribution in [1.82, 2.24) is 4.57 Å². The van der Waals surface area contributed by atoms with Crippen LogP contribution in [0.3, 0.4) is 0 Å². The van der Waals surface area contributed by atoms with E-state index in [9.17, 15) is 0 Å². The Hall–Kier alpha value is -1.50. The van der Waals surface area contributed by atoms with Gasteiger partial charge in [-0.3, -0.25) is 0 Å². The lowest BCUT2D eigenvalue weighted by atomic mass is 10.1. The fourth-order valence-corrected chi connectivity index (χ4v) is 1.59. The molecule has 0 aliphatic heterocycles. The number of rotatable bonds is 1. The summed E-state index contributed by atoms with van der Waals surface area (Å²) in [5.74, 6) is 0. The molecule has 0 atom stereocenters. The number of aromatic nitrogens is 1. The monoisotopic (exact) mass is 185 g/mol. The van der Waals surface area contributed by atoms with Gasteiger partial charge in [-0.1, -0.05) is 23.8 Å². The molecule has 1 nitrogen and oxygen atoms in total. The lowest BCUT2D eigenvalue weighted by molar-refractivity contribution is 1.01. The normalized spacial score (nSPS) is 26.6. The molecule has 1 aromatic rings. The quantitative estimate of drug-likeness (QED) is 0.629. The zero-order chi connectivity index (χ0) is 9.80. The van der Waals surface area contributed by atoms with E-state index in [2.05, 4.69) is 60.3 Å². The summed E-state index contributed by atoms with van der Waals surface area (Å²) in [4.78, 5) is 0. The van der Waals surface area contributed by atoms with Gasteiger partial charge in [0.05, 0.1) is 0 Å². The molecule has 1 heteroatoms. The third kappa shape index (κ3) is 2.05. The highest BCUT2D eigenvalue weighted by atomic mass is 14.9. The lowest BCUT2D eigenvalue weighted by Gasteiger charge is -2.06. The van der Waals surface area contributed by atoms with Gasteiger partial charge in [0.2, 0.25) is 0 Å². The first-order chi connectivity index (χ1) is 6.86. The topological polar surface area (TPSA) is 4.93 Å². The van der Waals surface area contributed by atoms with Crippen molar-refractivity contribution in [2.24, 2.45) is 0 Å². The highest BCUT2D eigenvalue weighted by Crippen LogP contribution is 2.14. The lowest BCUT2D eigenvalue weighted by Crippen LogP contribution is -1.91. The van der Waals surface area contributed by atoms with Crippen LogP contribution in [-0.4, -0.2) is 4.57 Å². The SMILES string of the molecule is CC1=C/CC/C=C(n2cccc2)/C=C\1. The van der Waals surface area contributed by atoms with Crippen molar-refractivity contribution in [2.75, 3.05) is 0 Å². The largest absolute Gasteiger partial charge is 0.324 e. The average Bonchev–Trinajstić information content (AvgIpc) is 2.65. The maximum atomic E-state index is 2.28. The van der Waals surface area contributed by atoms with Gasteiger partial charge < -0.3 is 4.57 Å². The van der Waals surface area contributed by atoms with Crippen molar-refractivity contribution in [3.8, 4) is 0 Å². The van der Waals surface area contributed by atoms with E-state index < -0.39 is 0 Å². The Balaban J connectivity index is 2.28. The predicted octanol–water partition coefficient (Wildman–Crippen LogP) is 3.63. The molecule has 0 spiro atoms. The molecule has 0 bridgehead atoms. The highest BCUT2D eigenvalue weighted by Gasteiger charge is 1.96. The van der Waals surface area contributed by atoms with E-state index in [4.69, 9.17) is 0 Å². The van der Waals surface area contributed by atoms with E-state index in [-0.39, 0.29) is 0 Å². The summed E-state index contributed by atoms with van der Waals surface area (Å²) >= 11 is 0. The molecule has 1 heterocycles. The summed E-state index contributed by atoms with van der Waals surface area (Å²) in [6.07, 6.45) is 15.3. The van der Waals surface area contributed by atoms with Gasteiger partial charge in [-0.25, -0.2) is 0 Å². The second-order valence-corrected chi connectivity index (χ2v) is 3.58. The van der Waals surface area contributed by atoms with E-state index in [0.717, 1.165) is 12.8 Å². The Morgan fingerprint density at radius 3 is 2.50 bits per heavy atom. The Morgan fingerprint density at radius 2 is 1.71 bits per heavy atom. The van der Waals surface area contributed by atoms with Crippen molar-refractivity contribution in [1.29, 1.82) is 0 Å². The molecule has 0 amide bonds. The van der Waals surface area contributed by atoms with Crippen LogP contribution in [-0.2, 0) is 0 Å². The number of nitrogens with zero attached hydrogens (tertiary/aromatic N) is 1. The molecule has 1 aliphatic rings. The molecule has 0 saturated carbocycles.